The Morgan fingerprint density at radius 1 is 1.33 bits per heavy atom. The fourth-order valence-corrected chi connectivity index (χ4v) is 2.06. The second-order valence-electron chi connectivity index (χ2n) is 5.86. The van der Waals surface area contributed by atoms with Gasteiger partial charge in [-0.25, -0.2) is 0 Å². The molecule has 0 saturated carbocycles. The number of imide groups is 1. The van der Waals surface area contributed by atoms with Crippen LogP contribution in [0.5, 0.6) is 0 Å². The summed E-state index contributed by atoms with van der Waals surface area (Å²) in [5.41, 5.74) is 5.60. The molecule has 18 heavy (non-hydrogen) atoms. The minimum absolute atomic E-state index is 0.0260. The Hall–Kier alpha value is -1.43. The first-order valence-corrected chi connectivity index (χ1v) is 6.04. The van der Waals surface area contributed by atoms with E-state index in [1.165, 1.54) is 4.90 Å². The van der Waals surface area contributed by atoms with Crippen LogP contribution in [0.2, 0.25) is 0 Å². The van der Waals surface area contributed by atoms with E-state index in [0.717, 1.165) is 0 Å². The van der Waals surface area contributed by atoms with Gasteiger partial charge in [0.25, 0.3) is 0 Å². The van der Waals surface area contributed by atoms with Crippen molar-refractivity contribution < 1.29 is 14.4 Å². The SMILES string of the molecule is CC(C)(C)CC(CN)C(=O)N1CC(=O)NC(=O)C1. The van der Waals surface area contributed by atoms with Gasteiger partial charge in [-0.05, 0) is 11.8 Å². The van der Waals surface area contributed by atoms with Crippen LogP contribution in [0.3, 0.4) is 0 Å². The normalized spacial score (nSPS) is 18.6. The van der Waals surface area contributed by atoms with Gasteiger partial charge in [-0.3, -0.25) is 19.7 Å². The fourth-order valence-electron chi connectivity index (χ4n) is 2.06. The Balaban J connectivity index is 2.71. The lowest BCUT2D eigenvalue weighted by molar-refractivity contribution is -0.147. The molecule has 1 aliphatic heterocycles. The molecule has 1 atom stereocenters. The van der Waals surface area contributed by atoms with Crippen LogP contribution in [-0.4, -0.2) is 42.3 Å². The number of nitrogens with zero attached hydrogens (tertiary/aromatic N) is 1. The predicted molar refractivity (Wildman–Crippen MR) is 66.3 cm³/mol. The first-order chi connectivity index (χ1) is 8.23. The average molecular weight is 255 g/mol. The molecule has 1 aliphatic rings. The van der Waals surface area contributed by atoms with Gasteiger partial charge >= 0.3 is 0 Å². The highest BCUT2D eigenvalue weighted by atomic mass is 16.2. The van der Waals surface area contributed by atoms with E-state index >= 15 is 0 Å². The number of carbonyl (C=O) groups excluding carboxylic acids is 3. The molecule has 1 saturated heterocycles. The van der Waals surface area contributed by atoms with Crippen molar-refractivity contribution in [2.24, 2.45) is 17.1 Å². The van der Waals surface area contributed by atoms with E-state index in [9.17, 15) is 14.4 Å². The van der Waals surface area contributed by atoms with Crippen molar-refractivity contribution in [2.75, 3.05) is 19.6 Å². The predicted octanol–water partition coefficient (Wildman–Crippen LogP) is -0.517. The molecule has 0 aromatic carbocycles. The lowest BCUT2D eigenvalue weighted by Gasteiger charge is -2.31. The molecule has 0 aromatic rings. The zero-order valence-electron chi connectivity index (χ0n) is 11.2. The summed E-state index contributed by atoms with van der Waals surface area (Å²) in [4.78, 5) is 35.9. The third kappa shape index (κ3) is 4.10. The van der Waals surface area contributed by atoms with Gasteiger partial charge in [0.2, 0.25) is 17.7 Å². The Bertz CT molecular complexity index is 344. The van der Waals surface area contributed by atoms with Crippen LogP contribution >= 0.6 is 0 Å². The van der Waals surface area contributed by atoms with E-state index in [4.69, 9.17) is 5.73 Å². The number of hydrogen-bond acceptors (Lipinski definition) is 4. The lowest BCUT2D eigenvalue weighted by atomic mass is 9.84. The molecule has 6 heteroatoms. The zero-order chi connectivity index (χ0) is 13.9. The Morgan fingerprint density at radius 3 is 2.22 bits per heavy atom. The van der Waals surface area contributed by atoms with Crippen LogP contribution in [-0.2, 0) is 14.4 Å². The highest BCUT2D eigenvalue weighted by Gasteiger charge is 2.32. The van der Waals surface area contributed by atoms with Crippen LogP contribution in [0.1, 0.15) is 27.2 Å². The van der Waals surface area contributed by atoms with Crippen LogP contribution in [0, 0.1) is 11.3 Å². The molecule has 102 valence electrons. The van der Waals surface area contributed by atoms with Gasteiger partial charge in [-0.2, -0.15) is 0 Å². The van der Waals surface area contributed by atoms with E-state index < -0.39 is 11.8 Å². The third-order valence-corrected chi connectivity index (χ3v) is 2.75. The quantitative estimate of drug-likeness (QED) is 0.664. The van der Waals surface area contributed by atoms with Crippen molar-refractivity contribution in [1.82, 2.24) is 10.2 Å². The fraction of sp³-hybridized carbons (Fsp3) is 0.750. The van der Waals surface area contributed by atoms with Gasteiger partial charge in [0, 0.05) is 6.54 Å². The molecule has 0 aliphatic carbocycles. The summed E-state index contributed by atoms with van der Waals surface area (Å²) in [6.45, 7) is 6.17. The summed E-state index contributed by atoms with van der Waals surface area (Å²) in [6, 6.07) is 0. The average Bonchev–Trinajstić information content (AvgIpc) is 2.22. The highest BCUT2D eigenvalue weighted by molar-refractivity contribution is 6.02. The van der Waals surface area contributed by atoms with E-state index in [1.54, 1.807) is 0 Å². The van der Waals surface area contributed by atoms with Crippen molar-refractivity contribution in [2.45, 2.75) is 27.2 Å². The van der Waals surface area contributed by atoms with Gasteiger partial charge in [-0.1, -0.05) is 20.8 Å². The van der Waals surface area contributed by atoms with Crippen LogP contribution in [0.4, 0.5) is 0 Å². The van der Waals surface area contributed by atoms with Gasteiger partial charge in [-0.15, -0.1) is 0 Å². The second kappa shape index (κ2) is 5.48. The monoisotopic (exact) mass is 255 g/mol. The summed E-state index contributed by atoms with van der Waals surface area (Å²) in [6.07, 6.45) is 0.634. The summed E-state index contributed by atoms with van der Waals surface area (Å²) >= 11 is 0. The molecule has 0 bridgehead atoms. The van der Waals surface area contributed by atoms with Gasteiger partial charge < -0.3 is 10.6 Å². The number of amides is 3. The molecule has 1 heterocycles. The maximum absolute atomic E-state index is 12.2. The van der Waals surface area contributed by atoms with E-state index in [2.05, 4.69) is 5.32 Å². The summed E-state index contributed by atoms with van der Waals surface area (Å²) in [5.74, 6) is -1.43. The molecular weight excluding hydrogens is 234 g/mol. The smallest absolute Gasteiger partial charge is 0.246 e. The number of nitrogens with two attached hydrogens (primary N) is 1. The first-order valence-electron chi connectivity index (χ1n) is 6.04. The number of rotatable bonds is 3. The van der Waals surface area contributed by atoms with E-state index in [1.807, 2.05) is 20.8 Å². The van der Waals surface area contributed by atoms with Crippen LogP contribution in [0.25, 0.3) is 0 Å². The van der Waals surface area contributed by atoms with Crippen molar-refractivity contribution >= 4 is 17.7 Å². The lowest BCUT2D eigenvalue weighted by Crippen LogP contribution is -2.55. The maximum atomic E-state index is 12.2. The molecule has 1 rings (SSSR count). The van der Waals surface area contributed by atoms with Crippen LogP contribution in [0.15, 0.2) is 0 Å². The Morgan fingerprint density at radius 2 is 1.83 bits per heavy atom. The molecule has 3 N–H and O–H groups in total. The van der Waals surface area contributed by atoms with Gasteiger partial charge in [0.15, 0.2) is 0 Å². The standard InChI is InChI=1S/C12H21N3O3/c1-12(2,3)4-8(5-13)11(18)15-6-9(16)14-10(17)7-15/h8H,4-7,13H2,1-3H3,(H,14,16,17). The Labute approximate surface area is 107 Å². The van der Waals surface area contributed by atoms with Crippen molar-refractivity contribution in [1.29, 1.82) is 0 Å². The molecule has 1 unspecified atom stereocenters. The van der Waals surface area contributed by atoms with Gasteiger partial charge in [0.1, 0.15) is 13.1 Å². The summed E-state index contributed by atoms with van der Waals surface area (Å²) in [7, 11) is 0. The van der Waals surface area contributed by atoms with E-state index in [0.29, 0.717) is 6.42 Å². The number of nitrogens with one attached hydrogen (secondary N) is 1. The number of hydrogen-bond donors (Lipinski definition) is 2. The third-order valence-electron chi connectivity index (χ3n) is 2.75. The number of piperazine rings is 1. The molecule has 6 nitrogen and oxygen atoms in total. The van der Waals surface area contributed by atoms with Gasteiger partial charge in [0.05, 0.1) is 5.92 Å². The number of carbonyl (C=O) groups is 3. The zero-order valence-corrected chi connectivity index (χ0v) is 11.2. The van der Waals surface area contributed by atoms with Crippen LogP contribution < -0.4 is 11.1 Å². The van der Waals surface area contributed by atoms with Crippen molar-refractivity contribution in [3.63, 3.8) is 0 Å². The highest BCUT2D eigenvalue weighted by Crippen LogP contribution is 2.25. The topological polar surface area (TPSA) is 92.5 Å². The Kier molecular flexibility index (Phi) is 4.45. The minimum atomic E-state index is -0.439. The summed E-state index contributed by atoms with van der Waals surface area (Å²) < 4.78 is 0. The molecule has 1 fully saturated rings. The van der Waals surface area contributed by atoms with Crippen molar-refractivity contribution in [3.05, 3.63) is 0 Å². The van der Waals surface area contributed by atoms with Crippen molar-refractivity contribution in [3.8, 4) is 0 Å². The molecule has 0 aromatic heterocycles. The molecule has 3 amide bonds. The van der Waals surface area contributed by atoms with E-state index in [-0.39, 0.29) is 36.9 Å². The molecular formula is C12H21N3O3. The molecule has 0 spiro atoms. The summed E-state index contributed by atoms with van der Waals surface area (Å²) in [5, 5.41) is 2.17. The maximum Gasteiger partial charge on any atom is 0.246 e. The second-order valence-corrected chi connectivity index (χ2v) is 5.86. The largest absolute Gasteiger partial charge is 0.330 e. The first kappa shape index (κ1) is 14.6. The molecule has 0 radical (unpaired) electrons. The minimum Gasteiger partial charge on any atom is -0.330 e.